The van der Waals surface area contributed by atoms with Crippen LogP contribution in [-0.4, -0.2) is 48.0 Å². The van der Waals surface area contributed by atoms with Crippen LogP contribution in [-0.2, 0) is 0 Å². The minimum Gasteiger partial charge on any atom is -0.457 e. The monoisotopic (exact) mass is 499 g/mol. The Kier molecular flexibility index (Phi) is 5.79. The van der Waals surface area contributed by atoms with Crippen LogP contribution in [0, 0.1) is 0 Å². The Hall–Kier alpha value is -3.95. The molecule has 8 nitrogen and oxygen atoms in total. The van der Waals surface area contributed by atoms with Gasteiger partial charge < -0.3 is 20.3 Å². The van der Waals surface area contributed by atoms with Gasteiger partial charge in [0.2, 0.25) is 0 Å². The number of anilines is 3. The van der Waals surface area contributed by atoms with Crippen molar-refractivity contribution in [2.45, 2.75) is 18.9 Å². The summed E-state index contributed by atoms with van der Waals surface area (Å²) >= 11 is 1.30. The predicted molar refractivity (Wildman–Crippen MR) is 142 cm³/mol. The Morgan fingerprint density at radius 2 is 1.89 bits per heavy atom. The topological polar surface area (TPSA) is 86.8 Å². The van der Waals surface area contributed by atoms with E-state index in [4.69, 9.17) is 4.74 Å². The molecule has 1 fully saturated rings. The van der Waals surface area contributed by atoms with Gasteiger partial charge in [-0.3, -0.25) is 9.69 Å². The van der Waals surface area contributed by atoms with Crippen molar-refractivity contribution in [3.63, 3.8) is 0 Å². The van der Waals surface area contributed by atoms with Crippen molar-refractivity contribution in [1.82, 2.24) is 15.2 Å². The van der Waals surface area contributed by atoms with E-state index in [1.807, 2.05) is 60.7 Å². The van der Waals surface area contributed by atoms with Crippen LogP contribution >= 0.6 is 11.3 Å². The van der Waals surface area contributed by atoms with Crippen molar-refractivity contribution in [3.05, 3.63) is 71.7 Å². The molecule has 0 spiro atoms. The Morgan fingerprint density at radius 1 is 1.11 bits per heavy atom. The number of carbonyl (C=O) groups excluding carboxylic acids is 2. The van der Waals surface area contributed by atoms with Crippen molar-refractivity contribution >= 4 is 50.6 Å². The van der Waals surface area contributed by atoms with E-state index >= 15 is 0 Å². The summed E-state index contributed by atoms with van der Waals surface area (Å²) in [5.41, 5.74) is 1.92. The fraction of sp³-hybridized carbons (Fsp3) is 0.222. The third kappa shape index (κ3) is 4.16. The average molecular weight is 500 g/mol. The molecule has 36 heavy (non-hydrogen) atoms. The van der Waals surface area contributed by atoms with Crippen LogP contribution in [0.4, 0.5) is 21.9 Å². The number of thiophene rings is 1. The molecule has 0 radical (unpaired) electrons. The van der Waals surface area contributed by atoms with Gasteiger partial charge in [0.15, 0.2) is 0 Å². The quantitative estimate of drug-likeness (QED) is 0.374. The normalized spacial score (nSPS) is 17.6. The largest absolute Gasteiger partial charge is 0.457 e. The predicted octanol–water partition coefficient (Wildman–Crippen LogP) is 5.60. The van der Waals surface area contributed by atoms with Crippen LogP contribution in [0.15, 0.2) is 66.9 Å². The van der Waals surface area contributed by atoms with Crippen LogP contribution in [0.1, 0.15) is 22.5 Å². The Morgan fingerprint density at radius 3 is 2.67 bits per heavy atom. The molecule has 6 rings (SSSR count). The molecule has 0 aliphatic carbocycles. The molecule has 1 saturated heterocycles. The summed E-state index contributed by atoms with van der Waals surface area (Å²) in [4.78, 5) is 36.0. The highest BCUT2D eigenvalue weighted by atomic mass is 32.1. The van der Waals surface area contributed by atoms with Crippen LogP contribution in [0.2, 0.25) is 0 Å². The molecule has 2 aliphatic rings. The minimum atomic E-state index is -0.323. The molecule has 1 unspecified atom stereocenters. The number of rotatable bonds is 5. The molecule has 4 heterocycles. The zero-order chi connectivity index (χ0) is 24.6. The number of ether oxygens (including phenoxy) is 1. The summed E-state index contributed by atoms with van der Waals surface area (Å²) in [6.07, 6.45) is 3.67. The third-order valence-electron chi connectivity index (χ3n) is 6.49. The number of amides is 3. The maximum Gasteiger partial charge on any atom is 0.331 e. The highest BCUT2D eigenvalue weighted by Crippen LogP contribution is 2.45. The number of likely N-dealkylation sites (tertiary alicyclic amines) is 1. The second-order valence-electron chi connectivity index (χ2n) is 9.07. The van der Waals surface area contributed by atoms with Gasteiger partial charge >= 0.3 is 6.03 Å². The number of piperidine rings is 1. The SMILES string of the molecule is CN1CCCC(NC(=O)c2sc3nccc4c3c2NC(=O)N4c2ccc(Oc3ccccc3)cc2)C1. The molecular formula is C27H25N5O3S. The number of nitrogens with one attached hydrogen (secondary N) is 2. The molecule has 3 amide bonds. The van der Waals surface area contributed by atoms with Gasteiger partial charge in [-0.15, -0.1) is 11.3 Å². The second-order valence-corrected chi connectivity index (χ2v) is 10.1. The molecule has 4 aromatic rings. The van der Waals surface area contributed by atoms with Crippen LogP contribution < -0.4 is 20.3 Å². The smallest absolute Gasteiger partial charge is 0.331 e. The van der Waals surface area contributed by atoms with Gasteiger partial charge in [0.25, 0.3) is 5.91 Å². The molecule has 2 aromatic heterocycles. The lowest BCUT2D eigenvalue weighted by molar-refractivity contribution is 0.0917. The Balaban J connectivity index is 1.30. The summed E-state index contributed by atoms with van der Waals surface area (Å²) in [7, 11) is 2.06. The summed E-state index contributed by atoms with van der Waals surface area (Å²) in [6.45, 7) is 1.86. The van der Waals surface area contributed by atoms with Crippen LogP contribution in [0.3, 0.4) is 0 Å². The van der Waals surface area contributed by atoms with E-state index in [1.54, 1.807) is 11.1 Å². The summed E-state index contributed by atoms with van der Waals surface area (Å²) in [5.74, 6) is 1.24. The zero-order valence-electron chi connectivity index (χ0n) is 19.7. The summed E-state index contributed by atoms with van der Waals surface area (Å²) in [5, 5.41) is 6.89. The van der Waals surface area contributed by atoms with Gasteiger partial charge in [0, 0.05) is 18.8 Å². The van der Waals surface area contributed by atoms with E-state index in [1.165, 1.54) is 11.3 Å². The minimum absolute atomic E-state index is 0.0912. The first-order valence-electron chi connectivity index (χ1n) is 11.9. The van der Waals surface area contributed by atoms with Crippen molar-refractivity contribution < 1.29 is 14.3 Å². The van der Waals surface area contributed by atoms with E-state index in [0.717, 1.165) is 37.1 Å². The first kappa shape index (κ1) is 22.5. The van der Waals surface area contributed by atoms with Crippen LogP contribution in [0.5, 0.6) is 11.5 Å². The standard InChI is InChI=1S/C27H25N5O3S/c1-31-15-5-6-17(16-31)29-25(33)24-23-22-21(13-14-28-26(22)36-24)32(27(34)30-23)18-9-11-20(12-10-18)35-19-7-3-2-4-8-19/h2-4,7-14,17H,5-6,15-16H2,1H3,(H,29,33)(H,30,34). The third-order valence-corrected chi connectivity index (χ3v) is 7.58. The number of nitrogens with zero attached hydrogens (tertiary/aromatic N) is 3. The van der Waals surface area contributed by atoms with Crippen molar-refractivity contribution in [3.8, 4) is 11.5 Å². The van der Waals surface area contributed by atoms with Gasteiger partial charge in [-0.25, -0.2) is 9.78 Å². The van der Waals surface area contributed by atoms with Gasteiger partial charge in [-0.05, 0) is 68.9 Å². The fourth-order valence-corrected chi connectivity index (χ4v) is 5.85. The first-order chi connectivity index (χ1) is 17.6. The van der Waals surface area contributed by atoms with Gasteiger partial charge in [-0.1, -0.05) is 18.2 Å². The molecular weight excluding hydrogens is 474 g/mol. The average Bonchev–Trinajstić information content (AvgIpc) is 3.25. The number of benzene rings is 2. The van der Waals surface area contributed by atoms with Crippen LogP contribution in [0.25, 0.3) is 10.2 Å². The lowest BCUT2D eigenvalue weighted by Crippen LogP contribution is -2.46. The molecule has 2 aromatic carbocycles. The highest BCUT2D eigenvalue weighted by Gasteiger charge is 2.33. The van der Waals surface area contributed by atoms with Crippen molar-refractivity contribution in [2.75, 3.05) is 30.4 Å². The molecule has 1 atom stereocenters. The van der Waals surface area contributed by atoms with Crippen molar-refractivity contribution in [2.24, 2.45) is 0 Å². The fourth-order valence-electron chi connectivity index (χ4n) is 4.82. The number of pyridine rings is 1. The Labute approximate surface area is 212 Å². The molecule has 2 aliphatic heterocycles. The lowest BCUT2D eigenvalue weighted by atomic mass is 10.1. The number of urea groups is 1. The molecule has 9 heteroatoms. The summed E-state index contributed by atoms with van der Waals surface area (Å²) < 4.78 is 5.89. The van der Waals surface area contributed by atoms with Gasteiger partial charge in [-0.2, -0.15) is 0 Å². The number of aromatic nitrogens is 1. The molecule has 2 N–H and O–H groups in total. The van der Waals surface area contributed by atoms with Gasteiger partial charge in [0.1, 0.15) is 21.2 Å². The zero-order valence-corrected chi connectivity index (χ0v) is 20.5. The van der Waals surface area contributed by atoms with E-state index < -0.39 is 0 Å². The number of likely N-dealkylation sites (N-methyl/N-ethyl adjacent to an activating group) is 1. The number of hydrogen-bond donors (Lipinski definition) is 2. The van der Waals surface area contributed by atoms with E-state index in [2.05, 4.69) is 27.6 Å². The first-order valence-corrected chi connectivity index (χ1v) is 12.7. The molecule has 0 bridgehead atoms. The van der Waals surface area contributed by atoms with Crippen molar-refractivity contribution in [1.29, 1.82) is 0 Å². The van der Waals surface area contributed by atoms with Gasteiger partial charge in [0.05, 0.1) is 22.4 Å². The van der Waals surface area contributed by atoms with E-state index in [9.17, 15) is 9.59 Å². The number of hydrogen-bond acceptors (Lipinski definition) is 6. The second kappa shape index (κ2) is 9.25. The molecule has 0 saturated carbocycles. The van der Waals surface area contributed by atoms with E-state index in [-0.39, 0.29) is 18.0 Å². The molecule has 182 valence electrons. The van der Waals surface area contributed by atoms with E-state index in [0.29, 0.717) is 32.5 Å². The maximum atomic E-state index is 13.3. The summed E-state index contributed by atoms with van der Waals surface area (Å²) in [6, 6.07) is 18.5. The number of carbonyl (C=O) groups is 2. The highest BCUT2D eigenvalue weighted by molar-refractivity contribution is 7.21. The Bertz CT molecular complexity index is 1440. The lowest BCUT2D eigenvalue weighted by Gasteiger charge is -2.30. The maximum absolute atomic E-state index is 13.3. The number of para-hydroxylation sites is 1.